The number of aliphatic hydroxyl groups is 1. The van der Waals surface area contributed by atoms with Crippen LogP contribution in [0.15, 0.2) is 18.3 Å². The quantitative estimate of drug-likeness (QED) is 0.708. The SMILES string of the molecule is Cn1cccc1C(O)S(=O)(=O)O.[W]. The van der Waals surface area contributed by atoms with Crippen molar-refractivity contribution < 1.29 is 39.1 Å². The fourth-order valence-corrected chi connectivity index (χ4v) is 1.43. The Morgan fingerprint density at radius 1 is 1.54 bits per heavy atom. The van der Waals surface area contributed by atoms with Crippen molar-refractivity contribution in [2.24, 2.45) is 7.05 Å². The van der Waals surface area contributed by atoms with Crippen LogP contribution in [-0.2, 0) is 38.2 Å². The summed E-state index contributed by atoms with van der Waals surface area (Å²) >= 11 is 0. The Morgan fingerprint density at radius 2 is 2.08 bits per heavy atom. The molecule has 0 radical (unpaired) electrons. The van der Waals surface area contributed by atoms with E-state index in [-0.39, 0.29) is 26.8 Å². The zero-order valence-electron chi connectivity index (χ0n) is 6.78. The maximum Gasteiger partial charge on any atom is 0.298 e. The first-order chi connectivity index (χ1) is 5.43. The molecule has 5 nitrogen and oxygen atoms in total. The Balaban J connectivity index is 0.00000144. The third kappa shape index (κ3) is 2.91. The number of aryl methyl sites for hydroxylation is 1. The Bertz CT molecular complexity index is 372. The van der Waals surface area contributed by atoms with Gasteiger partial charge in [0.2, 0.25) is 5.44 Å². The monoisotopic (exact) mass is 375 g/mol. The van der Waals surface area contributed by atoms with Crippen molar-refractivity contribution in [2.75, 3.05) is 0 Å². The topological polar surface area (TPSA) is 79.5 Å². The van der Waals surface area contributed by atoms with Crippen molar-refractivity contribution >= 4 is 10.1 Å². The van der Waals surface area contributed by atoms with E-state index in [1.807, 2.05) is 0 Å². The van der Waals surface area contributed by atoms with Crippen LogP contribution in [0.25, 0.3) is 0 Å². The van der Waals surface area contributed by atoms with Gasteiger partial charge in [-0.25, -0.2) is 0 Å². The van der Waals surface area contributed by atoms with Crippen LogP contribution in [0.1, 0.15) is 11.1 Å². The molecule has 13 heavy (non-hydrogen) atoms. The molecule has 0 saturated carbocycles. The van der Waals surface area contributed by atoms with Crippen molar-refractivity contribution in [2.45, 2.75) is 5.44 Å². The standard InChI is InChI=1S/C6H9NO4S.W/c1-7-4-2-3-5(7)6(8)12(9,10)11;/h2-4,6,8H,1H3,(H,9,10,11);. The molecule has 1 heterocycles. The van der Waals surface area contributed by atoms with Gasteiger partial charge in [-0.3, -0.25) is 4.55 Å². The van der Waals surface area contributed by atoms with E-state index >= 15 is 0 Å². The summed E-state index contributed by atoms with van der Waals surface area (Å²) in [5.74, 6) is 0. The molecule has 0 aliphatic carbocycles. The maximum absolute atomic E-state index is 10.5. The van der Waals surface area contributed by atoms with Gasteiger partial charge in [-0.2, -0.15) is 8.42 Å². The molecule has 74 valence electrons. The molecule has 0 aliphatic heterocycles. The molecule has 1 atom stereocenters. The van der Waals surface area contributed by atoms with Crippen molar-refractivity contribution in [1.29, 1.82) is 0 Å². The number of aromatic nitrogens is 1. The third-order valence-corrected chi connectivity index (χ3v) is 2.32. The summed E-state index contributed by atoms with van der Waals surface area (Å²) in [5, 5.41) is 9.07. The zero-order chi connectivity index (χ0) is 9.35. The number of rotatable bonds is 2. The van der Waals surface area contributed by atoms with Crippen LogP contribution in [0.5, 0.6) is 0 Å². The molecule has 1 aromatic heterocycles. The van der Waals surface area contributed by atoms with Gasteiger partial charge in [-0.1, -0.05) is 0 Å². The van der Waals surface area contributed by atoms with Gasteiger partial charge in [-0.05, 0) is 12.1 Å². The average Bonchev–Trinajstić information content (AvgIpc) is 2.31. The normalized spacial score (nSPS) is 13.5. The number of nitrogens with zero attached hydrogens (tertiary/aromatic N) is 1. The van der Waals surface area contributed by atoms with E-state index in [2.05, 4.69) is 0 Å². The van der Waals surface area contributed by atoms with E-state index in [1.165, 1.54) is 10.6 Å². The largest absolute Gasteiger partial charge is 0.370 e. The first-order valence-corrected chi connectivity index (χ1v) is 4.69. The molecule has 0 aliphatic rings. The summed E-state index contributed by atoms with van der Waals surface area (Å²) in [6, 6.07) is 2.99. The van der Waals surface area contributed by atoms with Crippen molar-refractivity contribution in [3.05, 3.63) is 24.0 Å². The number of hydrogen-bond donors (Lipinski definition) is 2. The van der Waals surface area contributed by atoms with Gasteiger partial charge in [0.15, 0.2) is 0 Å². The van der Waals surface area contributed by atoms with Gasteiger partial charge in [0.25, 0.3) is 10.1 Å². The number of aliphatic hydroxyl groups excluding tert-OH is 1. The van der Waals surface area contributed by atoms with Crippen LogP contribution in [0.2, 0.25) is 0 Å². The van der Waals surface area contributed by atoms with E-state index in [1.54, 1.807) is 19.3 Å². The van der Waals surface area contributed by atoms with Crippen LogP contribution < -0.4 is 0 Å². The van der Waals surface area contributed by atoms with Gasteiger partial charge in [0.05, 0.1) is 5.69 Å². The van der Waals surface area contributed by atoms with E-state index in [0.29, 0.717) is 0 Å². The minimum atomic E-state index is -4.41. The fraction of sp³-hybridized carbons (Fsp3) is 0.333. The fourth-order valence-electron chi connectivity index (χ4n) is 0.883. The van der Waals surface area contributed by atoms with E-state index in [0.717, 1.165) is 0 Å². The van der Waals surface area contributed by atoms with Gasteiger partial charge in [0, 0.05) is 34.3 Å². The predicted molar refractivity (Wildman–Crippen MR) is 41.9 cm³/mol. The van der Waals surface area contributed by atoms with Crippen LogP contribution in [0.3, 0.4) is 0 Å². The van der Waals surface area contributed by atoms with E-state index in [4.69, 9.17) is 9.66 Å². The van der Waals surface area contributed by atoms with Crippen LogP contribution in [0, 0.1) is 0 Å². The second-order valence-electron chi connectivity index (χ2n) is 2.41. The second-order valence-corrected chi connectivity index (χ2v) is 3.89. The first-order valence-electron chi connectivity index (χ1n) is 3.18. The van der Waals surface area contributed by atoms with Crippen LogP contribution in [-0.4, -0.2) is 22.6 Å². The van der Waals surface area contributed by atoms with Crippen molar-refractivity contribution in [3.63, 3.8) is 0 Å². The molecule has 1 unspecified atom stereocenters. The summed E-state index contributed by atoms with van der Waals surface area (Å²) in [6.07, 6.45) is 1.57. The molecule has 0 spiro atoms. The maximum atomic E-state index is 10.5. The molecule has 0 amide bonds. The summed E-state index contributed by atoms with van der Waals surface area (Å²) in [6.45, 7) is 0. The predicted octanol–water partition coefficient (Wildman–Crippen LogP) is -0.0987. The smallest absolute Gasteiger partial charge is 0.298 e. The Kier molecular flexibility index (Phi) is 4.32. The van der Waals surface area contributed by atoms with Gasteiger partial charge < -0.3 is 9.67 Å². The summed E-state index contributed by atoms with van der Waals surface area (Å²) in [7, 11) is -2.84. The van der Waals surface area contributed by atoms with Crippen LogP contribution in [0.4, 0.5) is 0 Å². The van der Waals surface area contributed by atoms with E-state index < -0.39 is 15.6 Å². The van der Waals surface area contributed by atoms with Crippen molar-refractivity contribution in [1.82, 2.24) is 4.57 Å². The minimum Gasteiger partial charge on any atom is -0.370 e. The Morgan fingerprint density at radius 3 is 2.38 bits per heavy atom. The van der Waals surface area contributed by atoms with Gasteiger partial charge >= 0.3 is 0 Å². The molecule has 1 aromatic rings. The molecule has 2 N–H and O–H groups in total. The van der Waals surface area contributed by atoms with Crippen LogP contribution >= 0.6 is 0 Å². The second kappa shape index (κ2) is 4.37. The summed E-state index contributed by atoms with van der Waals surface area (Å²) in [5.41, 5.74) is -1.73. The molecule has 0 saturated heterocycles. The molecule has 0 fully saturated rings. The first kappa shape index (κ1) is 12.8. The Labute approximate surface area is 90.4 Å². The van der Waals surface area contributed by atoms with Crippen molar-refractivity contribution in [3.8, 4) is 0 Å². The minimum absolute atomic E-state index is 0. The molecule has 7 heteroatoms. The molecule has 0 aromatic carbocycles. The third-order valence-electron chi connectivity index (χ3n) is 1.52. The summed E-state index contributed by atoms with van der Waals surface area (Å²) in [4.78, 5) is 0. The van der Waals surface area contributed by atoms with E-state index in [9.17, 15) is 8.42 Å². The van der Waals surface area contributed by atoms with Gasteiger partial charge in [-0.15, -0.1) is 0 Å². The number of hydrogen-bond acceptors (Lipinski definition) is 3. The molecule has 0 bridgehead atoms. The molecular weight excluding hydrogens is 366 g/mol. The van der Waals surface area contributed by atoms with Gasteiger partial charge in [0.1, 0.15) is 0 Å². The molecular formula is C6H9NO4SW. The summed E-state index contributed by atoms with van der Waals surface area (Å²) < 4.78 is 30.9. The molecule has 1 rings (SSSR count). The Hall–Kier alpha value is -0.162. The average molecular weight is 375 g/mol. The zero-order valence-corrected chi connectivity index (χ0v) is 10.5.